The molecule has 0 spiro atoms. The molecule has 1 N–H and O–H groups in total. The molecular weight excluding hydrogens is 256 g/mol. The Morgan fingerprint density at radius 2 is 1.95 bits per heavy atom. The van der Waals surface area contributed by atoms with Gasteiger partial charge in [0, 0.05) is 11.1 Å². The maximum absolute atomic E-state index is 6.28. The van der Waals surface area contributed by atoms with Crippen LogP contribution in [0.4, 0.5) is 0 Å². The van der Waals surface area contributed by atoms with Crippen LogP contribution >= 0.6 is 11.6 Å². The van der Waals surface area contributed by atoms with E-state index in [0.29, 0.717) is 6.04 Å². The fourth-order valence-corrected chi connectivity index (χ4v) is 2.60. The quantitative estimate of drug-likeness (QED) is 0.733. The Bertz CT molecular complexity index is 354. The molecule has 1 rings (SSSR count). The molecule has 0 amide bonds. The molecule has 3 heteroatoms. The lowest BCUT2D eigenvalue weighted by Crippen LogP contribution is -2.29. The number of rotatable bonds is 9. The zero-order valence-electron chi connectivity index (χ0n) is 12.5. The van der Waals surface area contributed by atoms with Gasteiger partial charge >= 0.3 is 0 Å². The summed E-state index contributed by atoms with van der Waals surface area (Å²) in [5, 5.41) is 4.24. The molecule has 0 saturated carbocycles. The van der Waals surface area contributed by atoms with Crippen LogP contribution in [0.2, 0.25) is 5.02 Å². The molecule has 0 heterocycles. The van der Waals surface area contributed by atoms with Gasteiger partial charge in [-0.1, -0.05) is 50.1 Å². The average Bonchev–Trinajstić information content (AvgIpc) is 2.44. The summed E-state index contributed by atoms with van der Waals surface area (Å²) in [6.45, 7) is 7.92. The second-order valence-electron chi connectivity index (χ2n) is 4.94. The van der Waals surface area contributed by atoms with Crippen molar-refractivity contribution in [3.63, 3.8) is 0 Å². The lowest BCUT2D eigenvalue weighted by atomic mass is 10.0. The molecule has 2 nitrogen and oxygen atoms in total. The van der Waals surface area contributed by atoms with E-state index in [4.69, 9.17) is 11.6 Å². The van der Waals surface area contributed by atoms with E-state index < -0.39 is 0 Å². The van der Waals surface area contributed by atoms with Crippen LogP contribution < -0.4 is 5.32 Å². The third kappa shape index (κ3) is 5.52. The minimum Gasteiger partial charge on any atom is -0.313 e. The SMILES string of the molecule is CCCCN(CC)CCC(NC)c1ccccc1Cl. The number of hydrogen-bond donors (Lipinski definition) is 1. The molecule has 0 bridgehead atoms. The van der Waals surface area contributed by atoms with Crippen molar-refractivity contribution >= 4 is 11.6 Å². The maximum Gasteiger partial charge on any atom is 0.0453 e. The van der Waals surface area contributed by atoms with Gasteiger partial charge in [-0.2, -0.15) is 0 Å². The van der Waals surface area contributed by atoms with Crippen molar-refractivity contribution in [3.05, 3.63) is 34.9 Å². The number of nitrogens with one attached hydrogen (secondary N) is 1. The van der Waals surface area contributed by atoms with Crippen molar-refractivity contribution in [3.8, 4) is 0 Å². The van der Waals surface area contributed by atoms with Crippen molar-refractivity contribution < 1.29 is 0 Å². The number of nitrogens with zero attached hydrogens (tertiary/aromatic N) is 1. The monoisotopic (exact) mass is 282 g/mol. The smallest absolute Gasteiger partial charge is 0.0453 e. The van der Waals surface area contributed by atoms with Crippen molar-refractivity contribution in [2.75, 3.05) is 26.7 Å². The van der Waals surface area contributed by atoms with E-state index in [0.717, 1.165) is 24.5 Å². The summed E-state index contributed by atoms with van der Waals surface area (Å²) in [5.41, 5.74) is 1.21. The van der Waals surface area contributed by atoms with Gasteiger partial charge in [0.25, 0.3) is 0 Å². The average molecular weight is 283 g/mol. The van der Waals surface area contributed by atoms with E-state index in [2.05, 4.69) is 36.2 Å². The fraction of sp³-hybridized carbons (Fsp3) is 0.625. The maximum atomic E-state index is 6.28. The molecule has 0 fully saturated rings. The summed E-state index contributed by atoms with van der Waals surface area (Å²) >= 11 is 6.28. The summed E-state index contributed by atoms with van der Waals surface area (Å²) in [4.78, 5) is 2.52. The number of halogens is 1. The molecule has 1 aromatic rings. The first-order valence-corrected chi connectivity index (χ1v) is 7.74. The van der Waals surface area contributed by atoms with Gasteiger partial charge in [0.2, 0.25) is 0 Å². The van der Waals surface area contributed by atoms with Crippen molar-refractivity contribution in [1.82, 2.24) is 10.2 Å². The van der Waals surface area contributed by atoms with Crippen LogP contribution in [0.15, 0.2) is 24.3 Å². The van der Waals surface area contributed by atoms with Gasteiger partial charge < -0.3 is 10.2 Å². The van der Waals surface area contributed by atoms with Crippen LogP contribution in [0.3, 0.4) is 0 Å². The minimum atomic E-state index is 0.337. The van der Waals surface area contributed by atoms with Gasteiger partial charge in [-0.3, -0.25) is 0 Å². The van der Waals surface area contributed by atoms with Crippen LogP contribution in [0, 0.1) is 0 Å². The van der Waals surface area contributed by atoms with E-state index in [1.807, 2.05) is 19.2 Å². The van der Waals surface area contributed by atoms with Gasteiger partial charge in [0.15, 0.2) is 0 Å². The van der Waals surface area contributed by atoms with Crippen LogP contribution in [-0.2, 0) is 0 Å². The van der Waals surface area contributed by atoms with Gasteiger partial charge in [0.1, 0.15) is 0 Å². The zero-order chi connectivity index (χ0) is 14.1. The van der Waals surface area contributed by atoms with Gasteiger partial charge in [-0.05, 0) is 51.2 Å². The Morgan fingerprint density at radius 3 is 2.53 bits per heavy atom. The molecule has 0 aliphatic heterocycles. The predicted octanol–water partition coefficient (Wildman–Crippen LogP) is 4.11. The third-order valence-corrected chi connectivity index (χ3v) is 3.98. The summed E-state index contributed by atoms with van der Waals surface area (Å²) < 4.78 is 0. The molecule has 0 radical (unpaired) electrons. The van der Waals surface area contributed by atoms with Crippen molar-refractivity contribution in [1.29, 1.82) is 0 Å². The fourth-order valence-electron chi connectivity index (χ4n) is 2.33. The lowest BCUT2D eigenvalue weighted by Gasteiger charge is -2.24. The van der Waals surface area contributed by atoms with E-state index in [9.17, 15) is 0 Å². The molecule has 0 aromatic heterocycles. The highest BCUT2D eigenvalue weighted by Gasteiger charge is 2.13. The molecule has 0 aliphatic rings. The Morgan fingerprint density at radius 1 is 1.21 bits per heavy atom. The second-order valence-corrected chi connectivity index (χ2v) is 5.35. The largest absolute Gasteiger partial charge is 0.313 e. The molecule has 0 aliphatic carbocycles. The zero-order valence-corrected chi connectivity index (χ0v) is 13.2. The van der Waals surface area contributed by atoms with Crippen LogP contribution in [0.1, 0.15) is 44.7 Å². The van der Waals surface area contributed by atoms with E-state index in [1.54, 1.807) is 0 Å². The molecular formula is C16H27ClN2. The van der Waals surface area contributed by atoms with Crippen molar-refractivity contribution in [2.24, 2.45) is 0 Å². The first kappa shape index (κ1) is 16.5. The van der Waals surface area contributed by atoms with Gasteiger partial charge in [-0.15, -0.1) is 0 Å². The van der Waals surface area contributed by atoms with Crippen LogP contribution in [0.25, 0.3) is 0 Å². The molecule has 0 saturated heterocycles. The highest BCUT2D eigenvalue weighted by molar-refractivity contribution is 6.31. The first-order chi connectivity index (χ1) is 9.22. The van der Waals surface area contributed by atoms with Crippen molar-refractivity contribution in [2.45, 2.75) is 39.2 Å². The normalized spacial score (nSPS) is 12.9. The Hall–Kier alpha value is -0.570. The van der Waals surface area contributed by atoms with Crippen LogP contribution in [-0.4, -0.2) is 31.6 Å². The Labute approximate surface area is 123 Å². The topological polar surface area (TPSA) is 15.3 Å². The second kappa shape index (κ2) is 9.35. The van der Waals surface area contributed by atoms with E-state index in [-0.39, 0.29) is 0 Å². The number of hydrogen-bond acceptors (Lipinski definition) is 2. The Kier molecular flexibility index (Phi) is 8.11. The van der Waals surface area contributed by atoms with Gasteiger partial charge in [-0.25, -0.2) is 0 Å². The highest BCUT2D eigenvalue weighted by atomic mass is 35.5. The molecule has 19 heavy (non-hydrogen) atoms. The number of unbranched alkanes of at least 4 members (excludes halogenated alkanes) is 1. The summed E-state index contributed by atoms with van der Waals surface area (Å²) in [5.74, 6) is 0. The van der Waals surface area contributed by atoms with E-state index >= 15 is 0 Å². The Balaban J connectivity index is 2.55. The third-order valence-electron chi connectivity index (χ3n) is 3.64. The summed E-state index contributed by atoms with van der Waals surface area (Å²) in [7, 11) is 2.01. The summed E-state index contributed by atoms with van der Waals surface area (Å²) in [6, 6.07) is 8.46. The molecule has 108 valence electrons. The summed E-state index contributed by atoms with van der Waals surface area (Å²) in [6.07, 6.45) is 3.64. The minimum absolute atomic E-state index is 0.337. The standard InChI is InChI=1S/C16H27ClN2/c1-4-6-12-19(5-2)13-11-16(18-3)14-9-7-8-10-15(14)17/h7-10,16,18H,4-6,11-13H2,1-3H3. The first-order valence-electron chi connectivity index (χ1n) is 7.36. The lowest BCUT2D eigenvalue weighted by molar-refractivity contribution is 0.267. The number of benzene rings is 1. The molecule has 1 aromatic carbocycles. The van der Waals surface area contributed by atoms with E-state index in [1.165, 1.54) is 24.9 Å². The highest BCUT2D eigenvalue weighted by Crippen LogP contribution is 2.24. The van der Waals surface area contributed by atoms with Gasteiger partial charge in [0.05, 0.1) is 0 Å². The van der Waals surface area contributed by atoms with Crippen LogP contribution in [0.5, 0.6) is 0 Å². The predicted molar refractivity (Wildman–Crippen MR) is 84.9 cm³/mol. The molecule has 1 atom stereocenters. The molecule has 1 unspecified atom stereocenters.